The number of rotatable bonds is 3. The summed E-state index contributed by atoms with van der Waals surface area (Å²) in [4.78, 5) is 5.55. The number of hydrogen-bond donors (Lipinski definition) is 1. The molecule has 2 nitrogen and oxygen atoms in total. The minimum atomic E-state index is 0.454. The SMILES string of the molecule is Cc1cc(CN2CCCNC(c3ccccc3)C2)sc1C. The van der Waals surface area contributed by atoms with Gasteiger partial charge in [0.15, 0.2) is 0 Å². The fraction of sp³-hybridized carbons (Fsp3) is 0.444. The zero-order valence-corrected chi connectivity index (χ0v) is 13.7. The van der Waals surface area contributed by atoms with Gasteiger partial charge in [0.05, 0.1) is 0 Å². The fourth-order valence-corrected chi connectivity index (χ4v) is 4.09. The Bertz CT molecular complexity index is 557. The van der Waals surface area contributed by atoms with E-state index in [1.165, 1.54) is 33.8 Å². The largest absolute Gasteiger partial charge is 0.309 e. The van der Waals surface area contributed by atoms with Gasteiger partial charge in [-0.3, -0.25) is 4.90 Å². The number of aryl methyl sites for hydroxylation is 2. The Kier molecular flexibility index (Phi) is 4.73. The van der Waals surface area contributed by atoms with Gasteiger partial charge in [-0.15, -0.1) is 11.3 Å². The Balaban J connectivity index is 1.70. The molecule has 0 amide bonds. The maximum Gasteiger partial charge on any atom is 0.0449 e. The van der Waals surface area contributed by atoms with Crippen molar-refractivity contribution in [1.82, 2.24) is 10.2 Å². The summed E-state index contributed by atoms with van der Waals surface area (Å²) in [7, 11) is 0. The molecule has 1 aliphatic heterocycles. The van der Waals surface area contributed by atoms with E-state index in [1.807, 2.05) is 11.3 Å². The molecule has 2 heterocycles. The lowest BCUT2D eigenvalue weighted by molar-refractivity contribution is 0.263. The third-order valence-corrected chi connectivity index (χ3v) is 5.42. The molecule has 1 saturated heterocycles. The van der Waals surface area contributed by atoms with Crippen molar-refractivity contribution in [3.63, 3.8) is 0 Å². The van der Waals surface area contributed by atoms with E-state index < -0.39 is 0 Å². The molecule has 1 atom stereocenters. The van der Waals surface area contributed by atoms with Crippen molar-refractivity contribution >= 4 is 11.3 Å². The Morgan fingerprint density at radius 2 is 2.05 bits per heavy atom. The fourth-order valence-electron chi connectivity index (χ4n) is 2.99. The summed E-state index contributed by atoms with van der Waals surface area (Å²) in [6, 6.07) is 13.7. The molecule has 0 bridgehead atoms. The zero-order chi connectivity index (χ0) is 14.7. The van der Waals surface area contributed by atoms with Gasteiger partial charge in [-0.2, -0.15) is 0 Å². The van der Waals surface area contributed by atoms with Crippen LogP contribution in [0.3, 0.4) is 0 Å². The number of thiophene rings is 1. The number of nitrogens with one attached hydrogen (secondary N) is 1. The monoisotopic (exact) mass is 300 g/mol. The van der Waals surface area contributed by atoms with Gasteiger partial charge in [-0.1, -0.05) is 30.3 Å². The van der Waals surface area contributed by atoms with E-state index in [0.29, 0.717) is 6.04 Å². The maximum atomic E-state index is 3.69. The second kappa shape index (κ2) is 6.73. The van der Waals surface area contributed by atoms with E-state index in [1.54, 1.807) is 0 Å². The van der Waals surface area contributed by atoms with Crippen molar-refractivity contribution in [2.45, 2.75) is 32.9 Å². The van der Waals surface area contributed by atoms with Crippen LogP contribution in [0.5, 0.6) is 0 Å². The van der Waals surface area contributed by atoms with Gasteiger partial charge in [-0.25, -0.2) is 0 Å². The number of nitrogens with zero attached hydrogens (tertiary/aromatic N) is 1. The van der Waals surface area contributed by atoms with Crippen molar-refractivity contribution < 1.29 is 0 Å². The van der Waals surface area contributed by atoms with E-state index >= 15 is 0 Å². The second-order valence-corrected chi connectivity index (χ2v) is 7.30. The molecular formula is C18H24N2S. The summed E-state index contributed by atoms with van der Waals surface area (Å²) in [5, 5.41) is 3.69. The summed E-state index contributed by atoms with van der Waals surface area (Å²) in [5.74, 6) is 0. The van der Waals surface area contributed by atoms with E-state index in [-0.39, 0.29) is 0 Å². The summed E-state index contributed by atoms with van der Waals surface area (Å²) in [6.07, 6.45) is 1.23. The Labute approximate surface area is 131 Å². The summed E-state index contributed by atoms with van der Waals surface area (Å²) < 4.78 is 0. The van der Waals surface area contributed by atoms with Gasteiger partial charge in [0, 0.05) is 28.9 Å². The predicted octanol–water partition coefficient (Wildman–Crippen LogP) is 3.90. The minimum absolute atomic E-state index is 0.454. The van der Waals surface area contributed by atoms with Crippen LogP contribution in [-0.4, -0.2) is 24.5 Å². The highest BCUT2D eigenvalue weighted by molar-refractivity contribution is 7.12. The molecule has 2 aromatic rings. The molecule has 3 heteroatoms. The third-order valence-electron chi connectivity index (χ3n) is 4.28. The molecule has 0 aliphatic carbocycles. The summed E-state index contributed by atoms with van der Waals surface area (Å²) in [5.41, 5.74) is 2.84. The van der Waals surface area contributed by atoms with Crippen LogP contribution in [0, 0.1) is 13.8 Å². The van der Waals surface area contributed by atoms with Crippen LogP contribution >= 0.6 is 11.3 Å². The topological polar surface area (TPSA) is 15.3 Å². The van der Waals surface area contributed by atoms with E-state index in [9.17, 15) is 0 Å². The smallest absolute Gasteiger partial charge is 0.0449 e. The molecular weight excluding hydrogens is 276 g/mol. The highest BCUT2D eigenvalue weighted by Gasteiger charge is 2.19. The van der Waals surface area contributed by atoms with Crippen LogP contribution in [-0.2, 0) is 6.54 Å². The van der Waals surface area contributed by atoms with Gasteiger partial charge in [-0.05, 0) is 50.6 Å². The Hall–Kier alpha value is -1.16. The molecule has 1 aromatic heterocycles. The molecule has 1 unspecified atom stereocenters. The first-order valence-corrected chi connectivity index (χ1v) is 8.60. The molecule has 1 N–H and O–H groups in total. The molecule has 21 heavy (non-hydrogen) atoms. The maximum absolute atomic E-state index is 3.69. The minimum Gasteiger partial charge on any atom is -0.309 e. The second-order valence-electron chi connectivity index (χ2n) is 5.96. The lowest BCUT2D eigenvalue weighted by atomic mass is 10.1. The van der Waals surface area contributed by atoms with Crippen LogP contribution in [0.2, 0.25) is 0 Å². The van der Waals surface area contributed by atoms with Crippen LogP contribution in [0.4, 0.5) is 0 Å². The average Bonchev–Trinajstić information content (AvgIpc) is 2.68. The van der Waals surface area contributed by atoms with Gasteiger partial charge >= 0.3 is 0 Å². The molecule has 0 spiro atoms. The van der Waals surface area contributed by atoms with E-state index in [0.717, 1.165) is 19.6 Å². The highest BCUT2D eigenvalue weighted by atomic mass is 32.1. The molecule has 1 aliphatic rings. The van der Waals surface area contributed by atoms with Gasteiger partial charge < -0.3 is 5.32 Å². The first-order chi connectivity index (χ1) is 10.2. The standard InChI is InChI=1S/C18H24N2S/c1-14-11-17(21-15(14)2)12-20-10-6-9-19-18(13-20)16-7-4-3-5-8-16/h3-5,7-8,11,18-19H,6,9-10,12-13H2,1-2H3. The number of hydrogen-bond acceptors (Lipinski definition) is 3. The quantitative estimate of drug-likeness (QED) is 0.925. The van der Waals surface area contributed by atoms with Crippen molar-refractivity contribution in [2.24, 2.45) is 0 Å². The van der Waals surface area contributed by atoms with Gasteiger partial charge in [0.1, 0.15) is 0 Å². The van der Waals surface area contributed by atoms with Crippen LogP contribution in [0.25, 0.3) is 0 Å². The van der Waals surface area contributed by atoms with E-state index in [4.69, 9.17) is 0 Å². The Morgan fingerprint density at radius 3 is 2.76 bits per heavy atom. The molecule has 112 valence electrons. The van der Waals surface area contributed by atoms with Crippen molar-refractivity contribution in [3.8, 4) is 0 Å². The van der Waals surface area contributed by atoms with E-state index in [2.05, 4.69) is 60.5 Å². The van der Waals surface area contributed by atoms with Crippen molar-refractivity contribution in [3.05, 3.63) is 57.3 Å². The third kappa shape index (κ3) is 3.73. The molecule has 0 radical (unpaired) electrons. The molecule has 1 aromatic carbocycles. The lowest BCUT2D eigenvalue weighted by Crippen LogP contribution is -2.30. The van der Waals surface area contributed by atoms with Crippen LogP contribution < -0.4 is 5.32 Å². The van der Waals surface area contributed by atoms with Crippen LogP contribution in [0.15, 0.2) is 36.4 Å². The first kappa shape index (κ1) is 14.8. The average molecular weight is 300 g/mol. The highest BCUT2D eigenvalue weighted by Crippen LogP contribution is 2.24. The lowest BCUT2D eigenvalue weighted by Gasteiger charge is -2.24. The molecule has 0 saturated carbocycles. The van der Waals surface area contributed by atoms with Gasteiger partial charge in [0.25, 0.3) is 0 Å². The van der Waals surface area contributed by atoms with Crippen molar-refractivity contribution in [1.29, 1.82) is 0 Å². The molecule has 3 rings (SSSR count). The Morgan fingerprint density at radius 1 is 1.24 bits per heavy atom. The van der Waals surface area contributed by atoms with Crippen molar-refractivity contribution in [2.75, 3.05) is 19.6 Å². The van der Waals surface area contributed by atoms with Crippen LogP contribution in [0.1, 0.15) is 33.3 Å². The summed E-state index contributed by atoms with van der Waals surface area (Å²) >= 11 is 1.95. The number of benzene rings is 1. The molecule has 1 fully saturated rings. The first-order valence-electron chi connectivity index (χ1n) is 7.79. The zero-order valence-electron chi connectivity index (χ0n) is 12.9. The van der Waals surface area contributed by atoms with Gasteiger partial charge in [0.2, 0.25) is 0 Å². The summed E-state index contributed by atoms with van der Waals surface area (Å²) in [6.45, 7) is 8.92. The normalized spacial score (nSPS) is 20.4. The predicted molar refractivity (Wildman–Crippen MR) is 90.9 cm³/mol.